The minimum atomic E-state index is -2.90. The average Bonchev–Trinajstić information content (AvgIpc) is 1.86. The van der Waals surface area contributed by atoms with Crippen LogP contribution in [0, 0.1) is 0 Å². The van der Waals surface area contributed by atoms with Crippen molar-refractivity contribution < 1.29 is 13.9 Å². The van der Waals surface area contributed by atoms with Crippen molar-refractivity contribution in [2.75, 3.05) is 13.1 Å². The van der Waals surface area contributed by atoms with E-state index in [1.807, 2.05) is 0 Å². The largest absolute Gasteiger partial charge is 0.385 e. The van der Waals surface area contributed by atoms with Crippen molar-refractivity contribution in [1.29, 1.82) is 0 Å². The van der Waals surface area contributed by atoms with Crippen molar-refractivity contribution in [3.63, 3.8) is 0 Å². The van der Waals surface area contributed by atoms with Crippen molar-refractivity contribution in [1.82, 2.24) is 5.32 Å². The van der Waals surface area contributed by atoms with E-state index >= 15 is 0 Å². The number of nitrogens with one attached hydrogen (secondary N) is 1. The second-order valence-corrected chi connectivity index (χ2v) is 1.91. The predicted octanol–water partition coefficient (Wildman–Crippen LogP) is 0.00760. The summed E-state index contributed by atoms with van der Waals surface area (Å²) in [5, 5.41) is 10.8. The van der Waals surface area contributed by atoms with Gasteiger partial charge in [-0.1, -0.05) is 0 Å². The lowest BCUT2D eigenvalue weighted by Gasteiger charge is -2.09. The molecule has 0 aromatic heterocycles. The van der Waals surface area contributed by atoms with Crippen molar-refractivity contribution in [2.45, 2.75) is 12.0 Å². The minimum Gasteiger partial charge on any atom is -0.385 e. The Labute approximate surface area is 57.7 Å². The van der Waals surface area contributed by atoms with E-state index < -0.39 is 18.6 Å². The molecule has 9 heavy (non-hydrogen) atoms. The first-order valence-electron chi connectivity index (χ1n) is 2.39. The maximum atomic E-state index is 12.0. The highest BCUT2D eigenvalue weighted by atomic mass is 35.5. The molecule has 1 atom stereocenters. The quantitative estimate of drug-likeness (QED) is 0.522. The Morgan fingerprint density at radius 1 is 1.56 bits per heavy atom. The van der Waals surface area contributed by atoms with Gasteiger partial charge in [0, 0.05) is 6.54 Å². The zero-order valence-electron chi connectivity index (χ0n) is 4.60. The molecule has 0 saturated carbocycles. The number of aliphatic hydroxyl groups is 1. The summed E-state index contributed by atoms with van der Waals surface area (Å²) in [6.07, 6.45) is -1.48. The summed E-state index contributed by atoms with van der Waals surface area (Å²) in [6.45, 7) is -0.388. The fourth-order valence-corrected chi connectivity index (χ4v) is 0.643. The lowest BCUT2D eigenvalue weighted by Crippen LogP contribution is -2.30. The smallest absolute Gasteiger partial charge is 0.286 e. The summed E-state index contributed by atoms with van der Waals surface area (Å²) in [5.74, 6) is -2.90. The number of hydrogen-bond acceptors (Lipinski definition) is 2. The van der Waals surface area contributed by atoms with Gasteiger partial charge in [-0.15, -0.1) is 12.4 Å². The van der Waals surface area contributed by atoms with Gasteiger partial charge in [0.25, 0.3) is 5.92 Å². The molecule has 0 radical (unpaired) electrons. The zero-order chi connectivity index (χ0) is 6.20. The van der Waals surface area contributed by atoms with E-state index in [1.54, 1.807) is 0 Å². The van der Waals surface area contributed by atoms with Gasteiger partial charge < -0.3 is 10.4 Å². The highest BCUT2D eigenvalue weighted by molar-refractivity contribution is 5.85. The maximum absolute atomic E-state index is 12.0. The molecule has 2 nitrogen and oxygen atoms in total. The van der Waals surface area contributed by atoms with Crippen molar-refractivity contribution in [3.05, 3.63) is 0 Å². The third-order valence-electron chi connectivity index (χ3n) is 1.19. The predicted molar refractivity (Wildman–Crippen MR) is 31.1 cm³/mol. The number of halogens is 3. The maximum Gasteiger partial charge on any atom is 0.286 e. The van der Waals surface area contributed by atoms with Crippen LogP contribution in [0.4, 0.5) is 8.78 Å². The Hall–Kier alpha value is 0.0700. The first kappa shape index (κ1) is 9.07. The van der Waals surface area contributed by atoms with Crippen molar-refractivity contribution in [2.24, 2.45) is 0 Å². The van der Waals surface area contributed by atoms with Crippen LogP contribution in [-0.2, 0) is 0 Å². The van der Waals surface area contributed by atoms with Crippen LogP contribution in [0.3, 0.4) is 0 Å². The highest BCUT2D eigenvalue weighted by Gasteiger charge is 2.42. The fourth-order valence-electron chi connectivity index (χ4n) is 0.643. The van der Waals surface area contributed by atoms with Crippen LogP contribution in [0.25, 0.3) is 0 Å². The summed E-state index contributed by atoms with van der Waals surface area (Å²) in [5.41, 5.74) is 0. The lowest BCUT2D eigenvalue weighted by molar-refractivity contribution is -0.0714. The number of β-amino-alcohol motifs (C(OH)–C–C–N with tert-alkyl or cyclic N) is 1. The van der Waals surface area contributed by atoms with Gasteiger partial charge >= 0.3 is 0 Å². The summed E-state index contributed by atoms with van der Waals surface area (Å²) in [4.78, 5) is 0. The molecule has 1 aliphatic rings. The Kier molecular flexibility index (Phi) is 2.79. The van der Waals surface area contributed by atoms with E-state index in [9.17, 15) is 8.78 Å². The highest BCUT2D eigenvalue weighted by Crippen LogP contribution is 2.20. The minimum absolute atomic E-state index is 0. The monoisotopic (exact) mass is 159 g/mol. The number of aliphatic hydroxyl groups excluding tert-OH is 1. The fraction of sp³-hybridized carbons (Fsp3) is 1.00. The van der Waals surface area contributed by atoms with Gasteiger partial charge in [-0.3, -0.25) is 0 Å². The van der Waals surface area contributed by atoms with Crippen molar-refractivity contribution >= 4 is 12.4 Å². The van der Waals surface area contributed by atoms with Crippen LogP contribution in [-0.4, -0.2) is 30.2 Å². The van der Waals surface area contributed by atoms with Crippen molar-refractivity contribution in [3.8, 4) is 0 Å². The van der Waals surface area contributed by atoms with Gasteiger partial charge in [-0.05, 0) is 0 Å². The molecule has 0 aromatic rings. The van der Waals surface area contributed by atoms with E-state index in [0.717, 1.165) is 0 Å². The first-order chi connectivity index (χ1) is 3.63. The van der Waals surface area contributed by atoms with E-state index in [-0.39, 0.29) is 19.0 Å². The SMILES string of the molecule is Cl.O[C@H]1CNCC1(F)F. The summed E-state index contributed by atoms with van der Waals surface area (Å²) >= 11 is 0. The molecule has 5 heteroatoms. The van der Waals surface area contributed by atoms with Gasteiger partial charge in [0.15, 0.2) is 0 Å². The number of rotatable bonds is 0. The third-order valence-corrected chi connectivity index (χ3v) is 1.19. The van der Waals surface area contributed by atoms with Crippen LogP contribution < -0.4 is 5.32 Å². The normalized spacial score (nSPS) is 31.7. The standard InChI is InChI=1S/C4H7F2NO.ClH/c5-4(6)2-7-1-3(4)8;/h3,7-8H,1-2H2;1H/t3-;/m0./s1. The Balaban J connectivity index is 0.000000640. The van der Waals surface area contributed by atoms with Gasteiger partial charge in [0.2, 0.25) is 0 Å². The summed E-state index contributed by atoms with van der Waals surface area (Å²) < 4.78 is 24.1. The van der Waals surface area contributed by atoms with Gasteiger partial charge in [0.1, 0.15) is 6.10 Å². The molecule has 1 heterocycles. The Bertz CT molecular complexity index is 101. The molecule has 0 amide bonds. The molecule has 1 rings (SSSR count). The number of hydrogen-bond donors (Lipinski definition) is 2. The second-order valence-electron chi connectivity index (χ2n) is 1.91. The summed E-state index contributed by atoms with van der Waals surface area (Å²) in [7, 11) is 0. The summed E-state index contributed by atoms with van der Waals surface area (Å²) in [6, 6.07) is 0. The molecule has 1 saturated heterocycles. The van der Waals surface area contributed by atoms with Gasteiger partial charge in [-0.25, -0.2) is 8.78 Å². The second kappa shape index (κ2) is 2.77. The van der Waals surface area contributed by atoms with Crippen LogP contribution >= 0.6 is 12.4 Å². The Morgan fingerprint density at radius 3 is 2.22 bits per heavy atom. The molecule has 1 fully saturated rings. The molecule has 0 aromatic carbocycles. The molecular formula is C4H8ClF2NO. The van der Waals surface area contributed by atoms with E-state index in [2.05, 4.69) is 5.32 Å². The molecule has 56 valence electrons. The van der Waals surface area contributed by atoms with Gasteiger partial charge in [0.05, 0.1) is 6.54 Å². The molecule has 0 spiro atoms. The van der Waals surface area contributed by atoms with Gasteiger partial charge in [-0.2, -0.15) is 0 Å². The lowest BCUT2D eigenvalue weighted by atomic mass is 10.2. The molecule has 0 aliphatic carbocycles. The zero-order valence-corrected chi connectivity index (χ0v) is 5.42. The average molecular weight is 160 g/mol. The van der Waals surface area contributed by atoms with Crippen LogP contribution in [0.2, 0.25) is 0 Å². The molecule has 1 aliphatic heterocycles. The first-order valence-corrected chi connectivity index (χ1v) is 2.39. The number of alkyl halides is 2. The molecule has 0 unspecified atom stereocenters. The van der Waals surface area contributed by atoms with E-state index in [4.69, 9.17) is 5.11 Å². The Morgan fingerprint density at radius 2 is 2.11 bits per heavy atom. The van der Waals surface area contributed by atoms with Crippen LogP contribution in [0.5, 0.6) is 0 Å². The molecule has 0 bridgehead atoms. The molecule has 2 N–H and O–H groups in total. The van der Waals surface area contributed by atoms with Crippen LogP contribution in [0.1, 0.15) is 0 Å². The van der Waals surface area contributed by atoms with E-state index in [0.29, 0.717) is 0 Å². The van der Waals surface area contributed by atoms with E-state index in [1.165, 1.54) is 0 Å². The topological polar surface area (TPSA) is 32.3 Å². The van der Waals surface area contributed by atoms with Crippen LogP contribution in [0.15, 0.2) is 0 Å². The molecular weight excluding hydrogens is 151 g/mol. The third kappa shape index (κ3) is 1.74.